The predicted octanol–water partition coefficient (Wildman–Crippen LogP) is 2.00. The molecule has 102 valence electrons. The zero-order chi connectivity index (χ0) is 14.2. The van der Waals surface area contributed by atoms with Gasteiger partial charge in [-0.3, -0.25) is 10.3 Å². The molecule has 0 saturated heterocycles. The van der Waals surface area contributed by atoms with Gasteiger partial charge in [-0.15, -0.1) is 0 Å². The standard InChI is InChI=1S/C14H15N5O/c1-2-20-18-10-16-14-13(8-15)19(11-17-14)9-12-6-4-3-5-7-12/h3-7,10-11H,2,9H2,1H3,(H,16,18). The Labute approximate surface area is 117 Å². The molecule has 0 atom stereocenters. The second-order valence-electron chi connectivity index (χ2n) is 3.95. The Morgan fingerprint density at radius 2 is 2.25 bits per heavy atom. The van der Waals surface area contributed by atoms with Crippen LogP contribution in [-0.2, 0) is 11.4 Å². The van der Waals surface area contributed by atoms with Crippen molar-refractivity contribution in [2.45, 2.75) is 13.5 Å². The first-order valence-corrected chi connectivity index (χ1v) is 6.24. The monoisotopic (exact) mass is 269 g/mol. The summed E-state index contributed by atoms with van der Waals surface area (Å²) < 4.78 is 1.77. The molecule has 0 aliphatic heterocycles. The van der Waals surface area contributed by atoms with Gasteiger partial charge >= 0.3 is 0 Å². The van der Waals surface area contributed by atoms with E-state index in [0.717, 1.165) is 5.56 Å². The zero-order valence-electron chi connectivity index (χ0n) is 11.2. The van der Waals surface area contributed by atoms with Crippen LogP contribution in [-0.4, -0.2) is 22.5 Å². The minimum Gasteiger partial charge on any atom is -0.316 e. The van der Waals surface area contributed by atoms with E-state index in [4.69, 9.17) is 4.84 Å². The first-order valence-electron chi connectivity index (χ1n) is 6.24. The van der Waals surface area contributed by atoms with Gasteiger partial charge in [0.1, 0.15) is 12.4 Å². The molecule has 0 amide bonds. The molecule has 1 aromatic heterocycles. The van der Waals surface area contributed by atoms with E-state index in [1.807, 2.05) is 37.3 Å². The number of benzene rings is 1. The van der Waals surface area contributed by atoms with Crippen LogP contribution >= 0.6 is 0 Å². The average Bonchev–Trinajstić information content (AvgIpc) is 2.86. The fraction of sp³-hybridized carbons (Fsp3) is 0.214. The molecule has 0 radical (unpaired) electrons. The van der Waals surface area contributed by atoms with E-state index in [9.17, 15) is 5.26 Å². The number of imidazole rings is 1. The first-order chi connectivity index (χ1) is 9.85. The number of nitriles is 1. The molecule has 0 saturated carbocycles. The summed E-state index contributed by atoms with van der Waals surface area (Å²) in [6.07, 6.45) is 2.98. The smallest absolute Gasteiger partial charge is 0.190 e. The third-order valence-corrected chi connectivity index (χ3v) is 2.59. The van der Waals surface area contributed by atoms with Crippen molar-refractivity contribution in [3.63, 3.8) is 0 Å². The minimum atomic E-state index is 0.371. The maximum Gasteiger partial charge on any atom is 0.190 e. The molecule has 2 aromatic rings. The molecule has 0 aliphatic rings. The number of aromatic nitrogens is 2. The number of aliphatic imine (C=N–C) groups is 1. The Hall–Kier alpha value is -2.65. The number of nitrogens with zero attached hydrogens (tertiary/aromatic N) is 4. The summed E-state index contributed by atoms with van der Waals surface area (Å²) in [5.74, 6) is 0.371. The van der Waals surface area contributed by atoms with Crippen LogP contribution in [0.2, 0.25) is 0 Å². The van der Waals surface area contributed by atoms with Crippen molar-refractivity contribution in [2.24, 2.45) is 4.99 Å². The second kappa shape index (κ2) is 7.07. The quantitative estimate of drug-likeness (QED) is 0.377. The number of hydroxylamine groups is 1. The highest BCUT2D eigenvalue weighted by atomic mass is 16.6. The summed E-state index contributed by atoms with van der Waals surface area (Å²) in [7, 11) is 0. The summed E-state index contributed by atoms with van der Waals surface area (Å²) in [4.78, 5) is 13.1. The van der Waals surface area contributed by atoms with E-state index in [-0.39, 0.29) is 0 Å². The third-order valence-electron chi connectivity index (χ3n) is 2.59. The molecule has 2 rings (SSSR count). The lowest BCUT2D eigenvalue weighted by atomic mass is 10.2. The van der Waals surface area contributed by atoms with Crippen molar-refractivity contribution in [1.82, 2.24) is 15.0 Å². The van der Waals surface area contributed by atoms with Gasteiger partial charge in [-0.2, -0.15) is 5.26 Å². The summed E-state index contributed by atoms with van der Waals surface area (Å²) >= 11 is 0. The van der Waals surface area contributed by atoms with Crippen LogP contribution in [0.4, 0.5) is 5.82 Å². The molecular weight excluding hydrogens is 254 g/mol. The Morgan fingerprint density at radius 1 is 1.45 bits per heavy atom. The Kier molecular flexibility index (Phi) is 4.87. The topological polar surface area (TPSA) is 75.2 Å². The maximum absolute atomic E-state index is 9.23. The van der Waals surface area contributed by atoms with Gasteiger partial charge in [0.05, 0.1) is 12.9 Å². The maximum atomic E-state index is 9.23. The van der Waals surface area contributed by atoms with E-state index in [0.29, 0.717) is 24.7 Å². The fourth-order valence-electron chi connectivity index (χ4n) is 1.69. The van der Waals surface area contributed by atoms with Gasteiger partial charge in [-0.25, -0.2) is 9.98 Å². The second-order valence-corrected chi connectivity index (χ2v) is 3.95. The molecule has 20 heavy (non-hydrogen) atoms. The Bertz CT molecular complexity index is 612. The Morgan fingerprint density at radius 3 is 2.95 bits per heavy atom. The molecule has 0 spiro atoms. The molecule has 1 heterocycles. The summed E-state index contributed by atoms with van der Waals surface area (Å²) in [6, 6.07) is 12.0. The van der Waals surface area contributed by atoms with Crippen molar-refractivity contribution in [3.8, 4) is 6.07 Å². The average molecular weight is 269 g/mol. The summed E-state index contributed by atoms with van der Waals surface area (Å²) in [5.41, 5.74) is 4.06. The number of hydrogen-bond donors (Lipinski definition) is 1. The molecule has 0 fully saturated rings. The zero-order valence-corrected chi connectivity index (χ0v) is 11.2. The van der Waals surface area contributed by atoms with Gasteiger partial charge in [0.25, 0.3) is 0 Å². The predicted molar refractivity (Wildman–Crippen MR) is 75.4 cm³/mol. The lowest BCUT2D eigenvalue weighted by molar-refractivity contribution is 0.100. The molecule has 1 N–H and O–H groups in total. The SMILES string of the molecule is CCON/C=N\c1ncn(Cc2ccccc2)c1C#N. The van der Waals surface area contributed by atoms with Gasteiger partial charge < -0.3 is 4.57 Å². The van der Waals surface area contributed by atoms with Crippen molar-refractivity contribution < 1.29 is 4.84 Å². The molecule has 6 nitrogen and oxygen atoms in total. The Balaban J connectivity index is 2.13. The molecule has 1 aromatic carbocycles. The van der Waals surface area contributed by atoms with Gasteiger partial charge in [0, 0.05) is 6.54 Å². The van der Waals surface area contributed by atoms with E-state index < -0.39 is 0 Å². The molecule has 0 bridgehead atoms. The van der Waals surface area contributed by atoms with E-state index >= 15 is 0 Å². The van der Waals surface area contributed by atoms with Crippen molar-refractivity contribution in [2.75, 3.05) is 6.61 Å². The van der Waals surface area contributed by atoms with Crippen LogP contribution in [0.3, 0.4) is 0 Å². The molecule has 0 unspecified atom stereocenters. The van der Waals surface area contributed by atoms with Gasteiger partial charge in [0.15, 0.2) is 11.5 Å². The van der Waals surface area contributed by atoms with E-state index in [1.54, 1.807) is 10.9 Å². The molecule has 6 heteroatoms. The highest BCUT2D eigenvalue weighted by Crippen LogP contribution is 2.16. The number of hydrogen-bond acceptors (Lipinski definition) is 4. The van der Waals surface area contributed by atoms with E-state index in [1.165, 1.54) is 6.34 Å². The van der Waals surface area contributed by atoms with Crippen molar-refractivity contribution >= 4 is 12.2 Å². The highest BCUT2D eigenvalue weighted by molar-refractivity contribution is 5.60. The summed E-state index contributed by atoms with van der Waals surface area (Å²) in [5, 5.41) is 9.23. The van der Waals surface area contributed by atoms with Crippen molar-refractivity contribution in [3.05, 3.63) is 47.9 Å². The third kappa shape index (κ3) is 3.43. The van der Waals surface area contributed by atoms with Crippen molar-refractivity contribution in [1.29, 1.82) is 5.26 Å². The van der Waals surface area contributed by atoms with E-state index in [2.05, 4.69) is 21.5 Å². The minimum absolute atomic E-state index is 0.371. The van der Waals surface area contributed by atoms with Crippen LogP contribution in [0, 0.1) is 11.3 Å². The lowest BCUT2D eigenvalue weighted by Crippen LogP contribution is -2.10. The lowest BCUT2D eigenvalue weighted by Gasteiger charge is -2.03. The number of rotatable bonds is 6. The van der Waals surface area contributed by atoms with Crippen LogP contribution in [0.25, 0.3) is 0 Å². The fourth-order valence-corrected chi connectivity index (χ4v) is 1.69. The van der Waals surface area contributed by atoms with Crippen LogP contribution in [0.5, 0.6) is 0 Å². The van der Waals surface area contributed by atoms with Crippen LogP contribution in [0.1, 0.15) is 18.2 Å². The van der Waals surface area contributed by atoms with Crippen LogP contribution < -0.4 is 5.48 Å². The first kappa shape index (κ1) is 13.8. The van der Waals surface area contributed by atoms with Crippen LogP contribution in [0.15, 0.2) is 41.7 Å². The normalized spacial score (nSPS) is 10.6. The summed E-state index contributed by atoms with van der Waals surface area (Å²) in [6.45, 7) is 2.97. The highest BCUT2D eigenvalue weighted by Gasteiger charge is 2.09. The van der Waals surface area contributed by atoms with Gasteiger partial charge in [-0.05, 0) is 12.5 Å². The van der Waals surface area contributed by atoms with Gasteiger partial charge in [0.2, 0.25) is 0 Å². The largest absolute Gasteiger partial charge is 0.316 e. The molecular formula is C14H15N5O. The molecule has 0 aliphatic carbocycles. The van der Waals surface area contributed by atoms with Gasteiger partial charge in [-0.1, -0.05) is 30.3 Å². The number of nitrogens with one attached hydrogen (secondary N) is 1.